The van der Waals surface area contributed by atoms with Gasteiger partial charge in [0.05, 0.1) is 12.6 Å². The molecule has 17 heavy (non-hydrogen) atoms. The van der Waals surface area contributed by atoms with Gasteiger partial charge in [0.1, 0.15) is 6.61 Å². The number of nitrogens with two attached hydrogens (primary N) is 1. The number of carbonyl (C=O) groups is 1. The van der Waals surface area contributed by atoms with Crippen molar-refractivity contribution in [3.63, 3.8) is 0 Å². The second-order valence-electron chi connectivity index (χ2n) is 3.97. The summed E-state index contributed by atoms with van der Waals surface area (Å²) in [4.78, 5) is 17.3. The van der Waals surface area contributed by atoms with Crippen molar-refractivity contribution >= 4 is 5.91 Å². The lowest BCUT2D eigenvalue weighted by Gasteiger charge is -2.21. The Labute approximate surface area is 101 Å². The zero-order chi connectivity index (χ0) is 12.1. The lowest BCUT2D eigenvalue weighted by atomic mass is 10.2. The summed E-state index contributed by atoms with van der Waals surface area (Å²) in [7, 11) is 0. The fourth-order valence-corrected chi connectivity index (χ4v) is 1.63. The molecule has 1 unspecified atom stereocenters. The summed E-state index contributed by atoms with van der Waals surface area (Å²) in [5.74, 6) is -0.161. The predicted octanol–water partition coefficient (Wildman–Crippen LogP) is 1.23. The summed E-state index contributed by atoms with van der Waals surface area (Å²) in [5, 5.41) is 1.33. The highest BCUT2D eigenvalue weighted by Gasteiger charge is 2.22. The molecule has 0 saturated heterocycles. The van der Waals surface area contributed by atoms with E-state index in [0.717, 1.165) is 5.56 Å². The van der Waals surface area contributed by atoms with Gasteiger partial charge in [0.15, 0.2) is 0 Å². The maximum atomic E-state index is 11.8. The monoisotopic (exact) mass is 232 g/mol. The lowest BCUT2D eigenvalue weighted by Crippen LogP contribution is -2.42. The van der Waals surface area contributed by atoms with E-state index in [9.17, 15) is 4.79 Å². The van der Waals surface area contributed by atoms with E-state index < -0.39 is 6.04 Å². The molecule has 0 spiro atoms. The number of amides is 1. The summed E-state index contributed by atoms with van der Waals surface area (Å²) >= 11 is 0. The fourth-order valence-electron chi connectivity index (χ4n) is 1.63. The number of benzene rings is 1. The Morgan fingerprint density at radius 3 is 2.82 bits per heavy atom. The summed E-state index contributed by atoms with van der Waals surface area (Å²) < 4.78 is 0. The molecule has 0 radical (unpaired) electrons. The molecule has 90 valence electrons. The molecule has 0 aliphatic carbocycles. The third kappa shape index (κ3) is 3.15. The van der Waals surface area contributed by atoms with Crippen LogP contribution < -0.4 is 5.73 Å². The van der Waals surface area contributed by atoms with Crippen molar-refractivity contribution in [1.29, 1.82) is 0 Å². The van der Waals surface area contributed by atoms with E-state index >= 15 is 0 Å². The third-order valence-corrected chi connectivity index (χ3v) is 2.62. The molecule has 1 heterocycles. The normalized spacial score (nSPS) is 20.4. The predicted molar refractivity (Wildman–Crippen MR) is 64.7 cm³/mol. The number of hydroxylamine groups is 2. The van der Waals surface area contributed by atoms with Crippen molar-refractivity contribution in [2.75, 3.05) is 6.54 Å². The zero-order valence-corrected chi connectivity index (χ0v) is 9.58. The van der Waals surface area contributed by atoms with Gasteiger partial charge in [0, 0.05) is 0 Å². The molecule has 1 aliphatic heterocycles. The second-order valence-corrected chi connectivity index (χ2v) is 3.97. The SMILES string of the molecule is NC1CC=CCN(OCc2ccccc2)C1=O. The molecule has 0 saturated carbocycles. The Balaban J connectivity index is 1.94. The molecule has 1 aromatic carbocycles. The van der Waals surface area contributed by atoms with Gasteiger partial charge in [-0.25, -0.2) is 5.06 Å². The van der Waals surface area contributed by atoms with Gasteiger partial charge >= 0.3 is 0 Å². The van der Waals surface area contributed by atoms with Gasteiger partial charge < -0.3 is 5.73 Å². The topological polar surface area (TPSA) is 55.6 Å². The van der Waals surface area contributed by atoms with E-state index in [1.54, 1.807) is 0 Å². The van der Waals surface area contributed by atoms with Gasteiger partial charge in [0.25, 0.3) is 5.91 Å². The highest BCUT2D eigenvalue weighted by molar-refractivity contribution is 5.81. The molecule has 4 nitrogen and oxygen atoms in total. The minimum Gasteiger partial charge on any atom is -0.320 e. The van der Waals surface area contributed by atoms with Gasteiger partial charge in [-0.3, -0.25) is 9.63 Å². The summed E-state index contributed by atoms with van der Waals surface area (Å²) in [6.45, 7) is 0.840. The first-order valence-electron chi connectivity index (χ1n) is 5.66. The molecular formula is C13H16N2O2. The number of rotatable bonds is 3. The van der Waals surface area contributed by atoms with Crippen LogP contribution in [0.3, 0.4) is 0 Å². The Morgan fingerprint density at radius 2 is 2.06 bits per heavy atom. The molecule has 1 atom stereocenters. The maximum absolute atomic E-state index is 11.8. The van der Waals surface area contributed by atoms with Crippen LogP contribution in [0.2, 0.25) is 0 Å². The lowest BCUT2D eigenvalue weighted by molar-refractivity contribution is -0.188. The van der Waals surface area contributed by atoms with Crippen LogP contribution in [0.15, 0.2) is 42.5 Å². The largest absolute Gasteiger partial charge is 0.320 e. The third-order valence-electron chi connectivity index (χ3n) is 2.62. The van der Waals surface area contributed by atoms with E-state index in [2.05, 4.69) is 0 Å². The quantitative estimate of drug-likeness (QED) is 0.797. The molecule has 1 aromatic rings. The highest BCUT2D eigenvalue weighted by atomic mass is 16.7. The van der Waals surface area contributed by atoms with Crippen LogP contribution >= 0.6 is 0 Å². The van der Waals surface area contributed by atoms with Crippen LogP contribution in [0.25, 0.3) is 0 Å². The molecule has 0 bridgehead atoms. The van der Waals surface area contributed by atoms with Gasteiger partial charge in [-0.1, -0.05) is 42.5 Å². The molecule has 1 amide bonds. The first-order chi connectivity index (χ1) is 8.27. The van der Waals surface area contributed by atoms with E-state index in [-0.39, 0.29) is 5.91 Å². The Bertz CT molecular complexity index is 403. The second kappa shape index (κ2) is 5.61. The Hall–Kier alpha value is -1.65. The zero-order valence-electron chi connectivity index (χ0n) is 9.58. The van der Waals surface area contributed by atoms with Crippen LogP contribution in [0.1, 0.15) is 12.0 Å². The van der Waals surface area contributed by atoms with Crippen molar-refractivity contribution in [3.05, 3.63) is 48.0 Å². The highest BCUT2D eigenvalue weighted by Crippen LogP contribution is 2.08. The minimum atomic E-state index is -0.496. The molecule has 4 heteroatoms. The van der Waals surface area contributed by atoms with Crippen LogP contribution in [0.5, 0.6) is 0 Å². The van der Waals surface area contributed by atoms with E-state index in [1.807, 2.05) is 42.5 Å². The first-order valence-corrected chi connectivity index (χ1v) is 5.66. The molecule has 0 fully saturated rings. The number of carbonyl (C=O) groups excluding carboxylic acids is 1. The van der Waals surface area contributed by atoms with E-state index in [0.29, 0.717) is 19.6 Å². The molecule has 2 rings (SSSR count). The fraction of sp³-hybridized carbons (Fsp3) is 0.308. The van der Waals surface area contributed by atoms with Crippen molar-refractivity contribution in [1.82, 2.24) is 5.06 Å². The van der Waals surface area contributed by atoms with Crippen molar-refractivity contribution in [2.24, 2.45) is 5.73 Å². The van der Waals surface area contributed by atoms with Crippen LogP contribution in [0, 0.1) is 0 Å². The number of hydrogen-bond donors (Lipinski definition) is 1. The number of hydrogen-bond acceptors (Lipinski definition) is 3. The maximum Gasteiger partial charge on any atom is 0.263 e. The smallest absolute Gasteiger partial charge is 0.263 e. The van der Waals surface area contributed by atoms with Crippen molar-refractivity contribution in [3.8, 4) is 0 Å². The van der Waals surface area contributed by atoms with Crippen LogP contribution in [0.4, 0.5) is 0 Å². The Kier molecular flexibility index (Phi) is 3.90. The molecule has 2 N–H and O–H groups in total. The van der Waals surface area contributed by atoms with Gasteiger partial charge in [-0.15, -0.1) is 0 Å². The van der Waals surface area contributed by atoms with Crippen molar-refractivity contribution in [2.45, 2.75) is 19.1 Å². The van der Waals surface area contributed by atoms with Crippen LogP contribution in [-0.4, -0.2) is 23.6 Å². The summed E-state index contributed by atoms with van der Waals surface area (Å²) in [6.07, 6.45) is 4.38. The summed E-state index contributed by atoms with van der Waals surface area (Å²) in [5.41, 5.74) is 6.74. The standard InChI is InChI=1S/C13H16N2O2/c14-12-8-4-5-9-15(13(12)16)17-10-11-6-2-1-3-7-11/h1-7,12H,8-10,14H2. The van der Waals surface area contributed by atoms with Crippen LogP contribution in [-0.2, 0) is 16.2 Å². The first kappa shape index (κ1) is 11.8. The number of nitrogens with zero attached hydrogens (tertiary/aromatic N) is 1. The molecule has 0 aromatic heterocycles. The van der Waals surface area contributed by atoms with Gasteiger partial charge in [-0.05, 0) is 12.0 Å². The summed E-state index contributed by atoms with van der Waals surface area (Å²) in [6, 6.07) is 9.24. The Morgan fingerprint density at radius 1 is 1.29 bits per heavy atom. The van der Waals surface area contributed by atoms with E-state index in [4.69, 9.17) is 10.6 Å². The average molecular weight is 232 g/mol. The molecular weight excluding hydrogens is 216 g/mol. The minimum absolute atomic E-state index is 0.161. The van der Waals surface area contributed by atoms with Gasteiger partial charge in [-0.2, -0.15) is 0 Å². The average Bonchev–Trinajstić information content (AvgIpc) is 2.52. The molecule has 1 aliphatic rings. The van der Waals surface area contributed by atoms with Gasteiger partial charge in [0.2, 0.25) is 0 Å². The van der Waals surface area contributed by atoms with Crippen molar-refractivity contribution < 1.29 is 9.63 Å². The van der Waals surface area contributed by atoms with E-state index in [1.165, 1.54) is 5.06 Å².